The van der Waals surface area contributed by atoms with Gasteiger partial charge in [-0.3, -0.25) is 9.79 Å². The number of fused-ring (bicyclic) bond motifs is 1. The van der Waals surface area contributed by atoms with Gasteiger partial charge in [0.15, 0.2) is 0 Å². The van der Waals surface area contributed by atoms with Gasteiger partial charge >= 0.3 is 5.97 Å². The molecule has 4 rings (SSSR count). The van der Waals surface area contributed by atoms with Crippen molar-refractivity contribution in [3.05, 3.63) is 71.8 Å². The second-order valence-electron chi connectivity index (χ2n) is 7.62. The number of alkyl halides is 1. The summed E-state index contributed by atoms with van der Waals surface area (Å²) in [7, 11) is 0. The Kier molecular flexibility index (Phi) is 5.29. The number of thioether (sulfide) groups is 1. The van der Waals surface area contributed by atoms with Crippen molar-refractivity contribution < 1.29 is 14.3 Å². The molecule has 5 nitrogen and oxygen atoms in total. The molecule has 0 aliphatic carbocycles. The summed E-state index contributed by atoms with van der Waals surface area (Å²) in [4.78, 5) is 32.0. The highest BCUT2D eigenvalue weighted by atomic mass is 79.9. The molecule has 2 saturated heterocycles. The molecule has 0 saturated carbocycles. The van der Waals surface area contributed by atoms with E-state index in [4.69, 9.17) is 4.74 Å². The predicted octanol–water partition coefficient (Wildman–Crippen LogP) is 4.00. The lowest BCUT2D eigenvalue weighted by Gasteiger charge is -2.47. The van der Waals surface area contributed by atoms with E-state index in [-0.39, 0.29) is 23.9 Å². The average molecular weight is 473 g/mol. The maximum Gasteiger partial charge on any atom is 0.330 e. The van der Waals surface area contributed by atoms with Gasteiger partial charge in [-0.05, 0) is 40.9 Å². The van der Waals surface area contributed by atoms with Crippen LogP contribution >= 0.6 is 27.7 Å². The number of amides is 1. The molecule has 0 aromatic heterocycles. The molecule has 7 heteroatoms. The molecular weight excluding hydrogens is 452 g/mol. The smallest absolute Gasteiger partial charge is 0.330 e. The lowest BCUT2D eigenvalue weighted by molar-refractivity contribution is -0.164. The molecule has 1 amide bonds. The van der Waals surface area contributed by atoms with Gasteiger partial charge in [-0.25, -0.2) is 4.79 Å². The van der Waals surface area contributed by atoms with E-state index in [1.807, 2.05) is 74.5 Å². The van der Waals surface area contributed by atoms with Crippen molar-refractivity contribution >= 4 is 45.8 Å². The number of benzene rings is 2. The number of esters is 1. The molecule has 0 radical (unpaired) electrons. The molecule has 2 aliphatic heterocycles. The van der Waals surface area contributed by atoms with Crippen molar-refractivity contribution in [1.29, 1.82) is 0 Å². The van der Waals surface area contributed by atoms with Gasteiger partial charge in [0.2, 0.25) is 4.45 Å². The minimum Gasteiger partial charge on any atom is -0.459 e. The Balaban J connectivity index is 1.50. The summed E-state index contributed by atoms with van der Waals surface area (Å²) in [6.45, 7) is 4.12. The number of hydrogen-bond acceptors (Lipinski definition) is 5. The molecule has 2 heterocycles. The maximum absolute atomic E-state index is 13.0. The SMILES string of the molecule is CC1(C)S[C@H]2N(C(=O)C2(Br)/N=C/c2ccccc2)[C@H]1C(=O)OCc1ccccc1. The Labute approximate surface area is 182 Å². The summed E-state index contributed by atoms with van der Waals surface area (Å²) in [5, 5.41) is -0.265. The fourth-order valence-electron chi connectivity index (χ4n) is 3.62. The van der Waals surface area contributed by atoms with E-state index in [9.17, 15) is 9.59 Å². The summed E-state index contributed by atoms with van der Waals surface area (Å²) in [5.41, 5.74) is 1.83. The van der Waals surface area contributed by atoms with Crippen LogP contribution in [0.3, 0.4) is 0 Å². The first kappa shape index (κ1) is 20.2. The minimum absolute atomic E-state index is 0.190. The number of β-lactam (4-membered cyclic amide) rings is 1. The Hall–Kier alpha value is -2.12. The molecular formula is C22H21BrN2O3S. The quantitative estimate of drug-likeness (QED) is 0.217. The van der Waals surface area contributed by atoms with E-state index < -0.39 is 15.2 Å². The lowest BCUT2D eigenvalue weighted by Crippen LogP contribution is -2.70. The van der Waals surface area contributed by atoms with Crippen molar-refractivity contribution in [2.24, 2.45) is 4.99 Å². The number of halogens is 1. The topological polar surface area (TPSA) is 59.0 Å². The van der Waals surface area contributed by atoms with Gasteiger partial charge in [-0.15, -0.1) is 11.8 Å². The van der Waals surface area contributed by atoms with Crippen LogP contribution in [0.4, 0.5) is 0 Å². The monoisotopic (exact) mass is 472 g/mol. The van der Waals surface area contributed by atoms with Crippen LogP contribution in [0.15, 0.2) is 65.7 Å². The van der Waals surface area contributed by atoms with Crippen LogP contribution in [0.1, 0.15) is 25.0 Å². The molecule has 0 bridgehead atoms. The third-order valence-electron chi connectivity index (χ3n) is 5.11. The Morgan fingerprint density at radius 2 is 1.79 bits per heavy atom. The largest absolute Gasteiger partial charge is 0.459 e. The second-order valence-corrected chi connectivity index (χ2v) is 10.6. The second kappa shape index (κ2) is 7.61. The number of hydrogen-bond donors (Lipinski definition) is 0. The first-order valence-corrected chi connectivity index (χ1v) is 11.0. The standard InChI is InChI=1S/C22H21BrN2O3S/c1-21(2)17(18(26)28-14-16-11-7-4-8-12-16)25-19(27)22(23,20(25)29-21)24-13-15-9-5-3-6-10-15/h3-13,17,20H,14H2,1-2H3/b24-13+/t17-,20+,22?/m0/s1. The van der Waals surface area contributed by atoms with Gasteiger partial charge < -0.3 is 9.64 Å². The van der Waals surface area contributed by atoms with E-state index >= 15 is 0 Å². The zero-order valence-corrected chi connectivity index (χ0v) is 18.5. The molecule has 2 aromatic rings. The zero-order chi connectivity index (χ0) is 20.6. The van der Waals surface area contributed by atoms with Crippen molar-refractivity contribution in [3.8, 4) is 0 Å². The van der Waals surface area contributed by atoms with Gasteiger partial charge in [-0.1, -0.05) is 60.7 Å². The van der Waals surface area contributed by atoms with Gasteiger partial charge in [-0.2, -0.15) is 0 Å². The lowest BCUT2D eigenvalue weighted by atomic mass is 9.96. The van der Waals surface area contributed by atoms with Crippen LogP contribution in [0.2, 0.25) is 0 Å². The van der Waals surface area contributed by atoms with Gasteiger partial charge in [0, 0.05) is 11.0 Å². The molecule has 1 unspecified atom stereocenters. The van der Waals surface area contributed by atoms with Gasteiger partial charge in [0.1, 0.15) is 18.0 Å². The van der Waals surface area contributed by atoms with Crippen molar-refractivity contribution in [2.45, 2.75) is 41.1 Å². The Morgan fingerprint density at radius 1 is 1.17 bits per heavy atom. The minimum atomic E-state index is -1.06. The summed E-state index contributed by atoms with van der Waals surface area (Å²) in [5.74, 6) is -0.599. The molecule has 2 aromatic carbocycles. The van der Waals surface area contributed by atoms with E-state index in [1.165, 1.54) is 0 Å². The fourth-order valence-corrected chi connectivity index (χ4v) is 5.99. The van der Waals surface area contributed by atoms with Crippen LogP contribution in [-0.2, 0) is 20.9 Å². The van der Waals surface area contributed by atoms with Crippen LogP contribution in [0.5, 0.6) is 0 Å². The summed E-state index contributed by atoms with van der Waals surface area (Å²) < 4.78 is 4.01. The normalized spacial score (nSPS) is 27.6. The first-order chi connectivity index (χ1) is 13.8. The third-order valence-corrected chi connectivity index (χ3v) is 8.02. The Morgan fingerprint density at radius 3 is 2.45 bits per heavy atom. The van der Waals surface area contributed by atoms with E-state index in [2.05, 4.69) is 20.9 Å². The number of nitrogens with zero attached hydrogens (tertiary/aromatic N) is 2. The fraction of sp³-hybridized carbons (Fsp3) is 0.318. The highest BCUT2D eigenvalue weighted by Crippen LogP contribution is 2.58. The number of ether oxygens (including phenoxy) is 1. The van der Waals surface area contributed by atoms with Crippen molar-refractivity contribution in [1.82, 2.24) is 4.90 Å². The predicted molar refractivity (Wildman–Crippen MR) is 118 cm³/mol. The zero-order valence-electron chi connectivity index (χ0n) is 16.1. The molecule has 3 atom stereocenters. The van der Waals surface area contributed by atoms with Gasteiger partial charge in [0.05, 0.1) is 0 Å². The van der Waals surface area contributed by atoms with Crippen LogP contribution < -0.4 is 0 Å². The van der Waals surface area contributed by atoms with Crippen LogP contribution in [0.25, 0.3) is 0 Å². The van der Waals surface area contributed by atoms with E-state index in [0.717, 1.165) is 11.1 Å². The van der Waals surface area contributed by atoms with Gasteiger partial charge in [0.25, 0.3) is 5.91 Å². The van der Waals surface area contributed by atoms with Crippen LogP contribution in [0, 0.1) is 0 Å². The molecule has 0 N–H and O–H groups in total. The molecule has 2 aliphatic rings. The molecule has 150 valence electrons. The van der Waals surface area contributed by atoms with E-state index in [1.54, 1.807) is 22.9 Å². The maximum atomic E-state index is 13.0. The van der Waals surface area contributed by atoms with Crippen molar-refractivity contribution in [3.63, 3.8) is 0 Å². The number of aliphatic imine (C=N–C) groups is 1. The van der Waals surface area contributed by atoms with Crippen LogP contribution in [-0.4, -0.2) is 43.6 Å². The Bertz CT molecular complexity index is 951. The highest BCUT2D eigenvalue weighted by Gasteiger charge is 2.71. The summed E-state index contributed by atoms with van der Waals surface area (Å²) >= 11 is 5.10. The summed E-state index contributed by atoms with van der Waals surface area (Å²) in [6.07, 6.45) is 1.69. The molecule has 29 heavy (non-hydrogen) atoms. The first-order valence-electron chi connectivity index (χ1n) is 9.33. The van der Waals surface area contributed by atoms with E-state index in [0.29, 0.717) is 0 Å². The highest BCUT2D eigenvalue weighted by molar-refractivity contribution is 9.10. The summed E-state index contributed by atoms with van der Waals surface area (Å²) in [6, 6.07) is 18.5. The number of carbonyl (C=O) groups is 2. The third kappa shape index (κ3) is 3.62. The number of rotatable bonds is 5. The number of carbonyl (C=O) groups excluding carboxylic acids is 2. The molecule has 2 fully saturated rings. The molecule has 0 spiro atoms. The average Bonchev–Trinajstić information content (AvgIpc) is 3.01. The van der Waals surface area contributed by atoms with Crippen molar-refractivity contribution in [2.75, 3.05) is 0 Å².